The predicted molar refractivity (Wildman–Crippen MR) is 69.9 cm³/mol. The minimum atomic E-state index is 0.147. The van der Waals surface area contributed by atoms with Gasteiger partial charge < -0.3 is 10.1 Å². The molecule has 0 atom stereocenters. The van der Waals surface area contributed by atoms with Crippen molar-refractivity contribution in [1.82, 2.24) is 20.1 Å². The fourth-order valence-corrected chi connectivity index (χ4v) is 1.73. The van der Waals surface area contributed by atoms with Crippen LogP contribution in [0.25, 0.3) is 5.69 Å². The van der Waals surface area contributed by atoms with Crippen molar-refractivity contribution in [2.75, 3.05) is 7.05 Å². The quantitative estimate of drug-likeness (QED) is 0.873. The molecule has 18 heavy (non-hydrogen) atoms. The molecule has 0 radical (unpaired) electrons. The molecule has 0 spiro atoms. The highest BCUT2D eigenvalue weighted by Gasteiger charge is 2.07. The van der Waals surface area contributed by atoms with Gasteiger partial charge in [0.25, 0.3) is 0 Å². The van der Waals surface area contributed by atoms with Crippen LogP contribution >= 0.6 is 0 Å². The summed E-state index contributed by atoms with van der Waals surface area (Å²) in [6.07, 6.45) is 7.32. The van der Waals surface area contributed by atoms with Crippen LogP contribution in [0, 0.1) is 0 Å². The molecule has 96 valence electrons. The van der Waals surface area contributed by atoms with E-state index < -0.39 is 0 Å². The van der Waals surface area contributed by atoms with E-state index in [9.17, 15) is 0 Å². The second kappa shape index (κ2) is 5.64. The number of hydrogen-bond acceptors (Lipinski definition) is 4. The Morgan fingerprint density at radius 3 is 2.94 bits per heavy atom. The lowest BCUT2D eigenvalue weighted by atomic mass is 10.2. The molecular weight excluding hydrogens is 228 g/mol. The third-order valence-corrected chi connectivity index (χ3v) is 2.43. The van der Waals surface area contributed by atoms with Gasteiger partial charge in [-0.05, 0) is 32.5 Å². The first-order valence-electron chi connectivity index (χ1n) is 6.00. The summed E-state index contributed by atoms with van der Waals surface area (Å²) in [5.74, 6) is 0.768. The minimum absolute atomic E-state index is 0.147. The zero-order valence-corrected chi connectivity index (χ0v) is 10.9. The van der Waals surface area contributed by atoms with E-state index in [0.29, 0.717) is 0 Å². The number of hydrogen-bond donors (Lipinski definition) is 1. The SMILES string of the molecule is CNCc1ccncc1-n1cc(OC(C)C)cn1. The molecule has 0 amide bonds. The van der Waals surface area contributed by atoms with Crippen molar-refractivity contribution >= 4 is 0 Å². The molecule has 2 rings (SSSR count). The molecule has 0 aliphatic rings. The third kappa shape index (κ3) is 2.87. The maximum absolute atomic E-state index is 5.60. The summed E-state index contributed by atoms with van der Waals surface area (Å²) in [7, 11) is 1.92. The van der Waals surface area contributed by atoms with E-state index in [-0.39, 0.29) is 6.10 Å². The molecule has 0 aromatic carbocycles. The number of nitrogens with zero attached hydrogens (tertiary/aromatic N) is 3. The van der Waals surface area contributed by atoms with Gasteiger partial charge in [-0.25, -0.2) is 4.68 Å². The largest absolute Gasteiger partial charge is 0.488 e. The molecule has 0 saturated carbocycles. The fourth-order valence-electron chi connectivity index (χ4n) is 1.73. The van der Waals surface area contributed by atoms with Gasteiger partial charge in [0.1, 0.15) is 0 Å². The molecule has 2 aromatic rings. The zero-order valence-electron chi connectivity index (χ0n) is 10.9. The highest BCUT2D eigenvalue weighted by molar-refractivity contribution is 5.38. The van der Waals surface area contributed by atoms with Crippen LogP contribution in [0.15, 0.2) is 30.9 Å². The topological polar surface area (TPSA) is 52.0 Å². The van der Waals surface area contributed by atoms with E-state index >= 15 is 0 Å². The van der Waals surface area contributed by atoms with Gasteiger partial charge in [-0.15, -0.1) is 0 Å². The van der Waals surface area contributed by atoms with Crippen LogP contribution in [-0.4, -0.2) is 27.9 Å². The Morgan fingerprint density at radius 1 is 1.39 bits per heavy atom. The zero-order chi connectivity index (χ0) is 13.0. The van der Waals surface area contributed by atoms with Crippen LogP contribution in [0.5, 0.6) is 5.75 Å². The summed E-state index contributed by atoms with van der Waals surface area (Å²) >= 11 is 0. The molecule has 0 aliphatic heterocycles. The molecule has 0 bridgehead atoms. The second-order valence-corrected chi connectivity index (χ2v) is 4.32. The van der Waals surface area contributed by atoms with Gasteiger partial charge in [-0.3, -0.25) is 4.98 Å². The van der Waals surface area contributed by atoms with E-state index in [1.807, 2.05) is 33.2 Å². The van der Waals surface area contributed by atoms with Gasteiger partial charge in [-0.1, -0.05) is 0 Å². The molecule has 5 heteroatoms. The van der Waals surface area contributed by atoms with Crippen molar-refractivity contribution in [2.45, 2.75) is 26.5 Å². The van der Waals surface area contributed by atoms with Crippen molar-refractivity contribution in [3.05, 3.63) is 36.4 Å². The Kier molecular flexibility index (Phi) is 3.94. The van der Waals surface area contributed by atoms with Crippen molar-refractivity contribution in [2.24, 2.45) is 0 Å². The van der Waals surface area contributed by atoms with Gasteiger partial charge in [0.2, 0.25) is 0 Å². The van der Waals surface area contributed by atoms with E-state index in [2.05, 4.69) is 15.4 Å². The van der Waals surface area contributed by atoms with E-state index in [4.69, 9.17) is 4.74 Å². The van der Waals surface area contributed by atoms with Crippen molar-refractivity contribution < 1.29 is 4.74 Å². The van der Waals surface area contributed by atoms with Crippen LogP contribution in [0.2, 0.25) is 0 Å². The van der Waals surface area contributed by atoms with Gasteiger partial charge >= 0.3 is 0 Å². The van der Waals surface area contributed by atoms with Crippen molar-refractivity contribution in [3.8, 4) is 11.4 Å². The van der Waals surface area contributed by atoms with Gasteiger partial charge in [-0.2, -0.15) is 5.10 Å². The molecule has 0 aliphatic carbocycles. The summed E-state index contributed by atoms with van der Waals surface area (Å²) in [6, 6.07) is 1.98. The second-order valence-electron chi connectivity index (χ2n) is 4.32. The van der Waals surface area contributed by atoms with E-state index in [1.165, 1.54) is 0 Å². The fraction of sp³-hybridized carbons (Fsp3) is 0.385. The van der Waals surface area contributed by atoms with Crippen LogP contribution in [-0.2, 0) is 6.54 Å². The molecule has 0 unspecified atom stereocenters. The maximum Gasteiger partial charge on any atom is 0.158 e. The van der Waals surface area contributed by atoms with Crippen molar-refractivity contribution in [3.63, 3.8) is 0 Å². The molecule has 2 aromatic heterocycles. The first-order chi connectivity index (χ1) is 8.70. The first kappa shape index (κ1) is 12.6. The van der Waals surface area contributed by atoms with Crippen molar-refractivity contribution in [1.29, 1.82) is 0 Å². The Labute approximate surface area is 107 Å². The monoisotopic (exact) mass is 246 g/mol. The minimum Gasteiger partial charge on any atom is -0.488 e. The molecule has 2 heterocycles. The summed E-state index contributed by atoms with van der Waals surface area (Å²) < 4.78 is 7.39. The number of ether oxygens (including phenoxy) is 1. The Balaban J connectivity index is 2.28. The highest BCUT2D eigenvalue weighted by atomic mass is 16.5. The first-order valence-corrected chi connectivity index (χ1v) is 6.00. The Hall–Kier alpha value is -1.88. The third-order valence-electron chi connectivity index (χ3n) is 2.43. The van der Waals surface area contributed by atoms with Gasteiger partial charge in [0, 0.05) is 12.7 Å². The maximum atomic E-state index is 5.60. The lowest BCUT2D eigenvalue weighted by Crippen LogP contribution is -2.09. The van der Waals surface area contributed by atoms with E-state index in [0.717, 1.165) is 23.5 Å². The Bertz CT molecular complexity index is 507. The molecule has 1 N–H and O–H groups in total. The van der Waals surface area contributed by atoms with Crippen LogP contribution in [0.1, 0.15) is 19.4 Å². The normalized spacial score (nSPS) is 10.9. The average Bonchev–Trinajstić information content (AvgIpc) is 2.77. The molecule has 0 saturated heterocycles. The number of aromatic nitrogens is 3. The van der Waals surface area contributed by atoms with Gasteiger partial charge in [0.15, 0.2) is 5.75 Å². The smallest absolute Gasteiger partial charge is 0.158 e. The standard InChI is InChI=1S/C13H18N4O/c1-10(2)18-12-7-16-17(9-12)13-8-15-5-4-11(13)6-14-3/h4-5,7-10,14H,6H2,1-3H3. The lowest BCUT2D eigenvalue weighted by Gasteiger charge is -2.08. The number of rotatable bonds is 5. The summed E-state index contributed by atoms with van der Waals surface area (Å²) in [6.45, 7) is 4.76. The van der Waals surface area contributed by atoms with E-state index in [1.54, 1.807) is 23.3 Å². The van der Waals surface area contributed by atoms with Crippen LogP contribution < -0.4 is 10.1 Å². The van der Waals surface area contributed by atoms with Crippen LogP contribution in [0.4, 0.5) is 0 Å². The summed E-state index contributed by atoms with van der Waals surface area (Å²) in [5, 5.41) is 7.44. The lowest BCUT2D eigenvalue weighted by molar-refractivity contribution is 0.242. The van der Waals surface area contributed by atoms with Gasteiger partial charge in [0.05, 0.1) is 30.4 Å². The molecule has 0 fully saturated rings. The summed E-state index contributed by atoms with van der Waals surface area (Å²) in [5.41, 5.74) is 2.11. The highest BCUT2D eigenvalue weighted by Crippen LogP contribution is 2.17. The summed E-state index contributed by atoms with van der Waals surface area (Å²) in [4.78, 5) is 4.14. The molecular formula is C13H18N4O. The number of nitrogens with one attached hydrogen (secondary N) is 1. The van der Waals surface area contributed by atoms with Crippen LogP contribution in [0.3, 0.4) is 0 Å². The Morgan fingerprint density at radius 2 is 2.22 bits per heavy atom. The number of pyridine rings is 1. The average molecular weight is 246 g/mol. The predicted octanol–water partition coefficient (Wildman–Crippen LogP) is 1.77. The molecule has 5 nitrogen and oxygen atoms in total.